The quantitative estimate of drug-likeness (QED) is 0.577. The molecule has 2 unspecified atom stereocenters. The van der Waals surface area contributed by atoms with E-state index in [2.05, 4.69) is 22.3 Å². The highest BCUT2D eigenvalue weighted by atomic mass is 35.5. The van der Waals surface area contributed by atoms with E-state index in [1.54, 1.807) is 0 Å². The van der Waals surface area contributed by atoms with Crippen LogP contribution >= 0.6 is 36.4 Å². The number of nitrogens with zero attached hydrogens (tertiary/aromatic N) is 2. The lowest BCUT2D eigenvalue weighted by atomic mass is 10.00. The fourth-order valence-electron chi connectivity index (χ4n) is 4.65. The van der Waals surface area contributed by atoms with E-state index in [-0.39, 0.29) is 36.8 Å². The lowest BCUT2D eigenvalue weighted by Crippen LogP contribution is -2.60. The standard InChI is InChI=1S/C25H33ClN4O2.2ClH/c26-21-8-6-19(7-9-21)16-22(27)25(31)30-14-12-29(13-15-30)23-10-11-28-17-24(23)32-18-20-4-2-1-3-5-20;;/h1-9,22-24,28H,10-18,27H2;2*1H/t22-,23?,24?;;/m1../s1. The first-order valence-electron chi connectivity index (χ1n) is 11.5. The van der Waals surface area contributed by atoms with Gasteiger partial charge >= 0.3 is 0 Å². The van der Waals surface area contributed by atoms with E-state index in [1.165, 1.54) is 5.56 Å². The molecule has 2 aliphatic rings. The molecule has 0 saturated carbocycles. The van der Waals surface area contributed by atoms with Crippen molar-refractivity contribution in [2.24, 2.45) is 5.73 Å². The van der Waals surface area contributed by atoms with Gasteiger partial charge in [0.2, 0.25) is 5.91 Å². The van der Waals surface area contributed by atoms with Gasteiger partial charge in [-0.3, -0.25) is 9.69 Å². The molecule has 0 radical (unpaired) electrons. The molecule has 3 N–H and O–H groups in total. The van der Waals surface area contributed by atoms with E-state index in [0.29, 0.717) is 37.2 Å². The van der Waals surface area contributed by atoms with E-state index < -0.39 is 6.04 Å². The molecule has 0 bridgehead atoms. The second-order valence-corrected chi connectivity index (χ2v) is 9.13. The number of rotatable bonds is 7. The number of hydrogen-bond acceptors (Lipinski definition) is 5. The first-order valence-corrected chi connectivity index (χ1v) is 11.9. The number of carbonyl (C=O) groups is 1. The maximum atomic E-state index is 12.9. The molecule has 2 aliphatic heterocycles. The molecule has 2 fully saturated rings. The minimum Gasteiger partial charge on any atom is -0.371 e. The van der Waals surface area contributed by atoms with Crippen LogP contribution in [-0.2, 0) is 22.6 Å². The Labute approximate surface area is 220 Å². The Balaban J connectivity index is 0.00000204. The number of nitrogens with two attached hydrogens (primary N) is 1. The van der Waals surface area contributed by atoms with Crippen LogP contribution in [0.15, 0.2) is 54.6 Å². The van der Waals surface area contributed by atoms with Crippen molar-refractivity contribution in [1.29, 1.82) is 0 Å². The fourth-order valence-corrected chi connectivity index (χ4v) is 4.78. The normalized spacial score (nSPS) is 21.8. The Morgan fingerprint density at radius 2 is 1.71 bits per heavy atom. The number of nitrogens with one attached hydrogen (secondary N) is 1. The van der Waals surface area contributed by atoms with Crippen molar-refractivity contribution in [2.75, 3.05) is 39.3 Å². The van der Waals surface area contributed by atoms with Gasteiger partial charge in [-0.2, -0.15) is 0 Å². The Bertz CT molecular complexity index is 864. The number of benzene rings is 2. The van der Waals surface area contributed by atoms with Crippen LogP contribution in [0.4, 0.5) is 0 Å². The van der Waals surface area contributed by atoms with Crippen LogP contribution in [-0.4, -0.2) is 73.2 Å². The van der Waals surface area contributed by atoms with Crippen LogP contribution < -0.4 is 11.1 Å². The highest BCUT2D eigenvalue weighted by Gasteiger charge is 2.34. The van der Waals surface area contributed by atoms with Gasteiger partial charge in [0.1, 0.15) is 0 Å². The molecule has 34 heavy (non-hydrogen) atoms. The van der Waals surface area contributed by atoms with E-state index in [0.717, 1.165) is 38.2 Å². The molecule has 2 saturated heterocycles. The summed E-state index contributed by atoms with van der Waals surface area (Å²) in [4.78, 5) is 17.3. The second kappa shape index (κ2) is 14.2. The maximum Gasteiger partial charge on any atom is 0.239 e. The van der Waals surface area contributed by atoms with Crippen molar-refractivity contribution in [3.05, 3.63) is 70.7 Å². The van der Waals surface area contributed by atoms with Crippen molar-refractivity contribution in [2.45, 2.75) is 37.6 Å². The zero-order chi connectivity index (χ0) is 22.3. The number of amides is 1. The van der Waals surface area contributed by atoms with Gasteiger partial charge in [0.05, 0.1) is 18.8 Å². The third-order valence-electron chi connectivity index (χ3n) is 6.48. The Hall–Kier alpha value is -1.38. The second-order valence-electron chi connectivity index (χ2n) is 8.69. The van der Waals surface area contributed by atoms with Crippen molar-refractivity contribution in [3.63, 3.8) is 0 Å². The van der Waals surface area contributed by atoms with Crippen LogP contribution in [0.1, 0.15) is 17.5 Å². The molecular formula is C25H35Cl3N4O2. The largest absolute Gasteiger partial charge is 0.371 e. The van der Waals surface area contributed by atoms with Gasteiger partial charge in [0.15, 0.2) is 0 Å². The Kier molecular flexibility index (Phi) is 12.1. The summed E-state index contributed by atoms with van der Waals surface area (Å²) in [5.74, 6) is 0.0294. The zero-order valence-corrected chi connectivity index (χ0v) is 21.7. The van der Waals surface area contributed by atoms with Gasteiger partial charge in [-0.1, -0.05) is 54.1 Å². The summed E-state index contributed by atoms with van der Waals surface area (Å²) in [6.07, 6.45) is 1.74. The minimum absolute atomic E-state index is 0. The van der Waals surface area contributed by atoms with Gasteiger partial charge in [-0.05, 0) is 42.6 Å². The van der Waals surface area contributed by atoms with Crippen molar-refractivity contribution in [3.8, 4) is 0 Å². The lowest BCUT2D eigenvalue weighted by molar-refractivity contribution is -0.135. The number of hydrogen-bond donors (Lipinski definition) is 2. The summed E-state index contributed by atoms with van der Waals surface area (Å²) < 4.78 is 6.31. The van der Waals surface area contributed by atoms with E-state index in [4.69, 9.17) is 22.1 Å². The monoisotopic (exact) mass is 528 g/mol. The number of halogens is 3. The minimum atomic E-state index is -0.524. The van der Waals surface area contributed by atoms with Gasteiger partial charge in [-0.25, -0.2) is 0 Å². The SMILES string of the molecule is Cl.Cl.N[C@H](Cc1ccc(Cl)cc1)C(=O)N1CCN(C2CCNCC2OCc2ccccc2)CC1. The Morgan fingerprint density at radius 1 is 1.03 bits per heavy atom. The molecule has 9 heteroatoms. The molecule has 188 valence electrons. The van der Waals surface area contributed by atoms with Gasteiger partial charge in [-0.15, -0.1) is 24.8 Å². The highest BCUT2D eigenvalue weighted by Crippen LogP contribution is 2.20. The molecule has 3 atom stereocenters. The zero-order valence-electron chi connectivity index (χ0n) is 19.3. The third-order valence-corrected chi connectivity index (χ3v) is 6.73. The number of ether oxygens (including phenoxy) is 1. The van der Waals surface area contributed by atoms with Gasteiger partial charge in [0, 0.05) is 43.8 Å². The summed E-state index contributed by atoms with van der Waals surface area (Å²) in [5.41, 5.74) is 8.47. The van der Waals surface area contributed by atoms with Crippen LogP contribution in [0.2, 0.25) is 5.02 Å². The average Bonchev–Trinajstić information content (AvgIpc) is 2.84. The van der Waals surface area contributed by atoms with Crippen molar-refractivity contribution in [1.82, 2.24) is 15.1 Å². The molecule has 0 aliphatic carbocycles. The topological polar surface area (TPSA) is 70.8 Å². The number of piperidine rings is 1. The van der Waals surface area contributed by atoms with Crippen LogP contribution in [0, 0.1) is 0 Å². The average molecular weight is 530 g/mol. The molecule has 4 rings (SSSR count). The lowest BCUT2D eigenvalue weighted by Gasteiger charge is -2.44. The predicted molar refractivity (Wildman–Crippen MR) is 142 cm³/mol. The highest BCUT2D eigenvalue weighted by molar-refractivity contribution is 6.30. The first kappa shape index (κ1) is 28.9. The summed E-state index contributed by atoms with van der Waals surface area (Å²) in [6.45, 7) is 5.63. The van der Waals surface area contributed by atoms with Crippen molar-refractivity contribution >= 4 is 42.3 Å². The smallest absolute Gasteiger partial charge is 0.239 e. The first-order chi connectivity index (χ1) is 15.6. The molecule has 0 aromatic heterocycles. The molecule has 0 spiro atoms. The van der Waals surface area contributed by atoms with Crippen LogP contribution in [0.25, 0.3) is 0 Å². The van der Waals surface area contributed by atoms with E-state index in [9.17, 15) is 4.79 Å². The molecule has 2 heterocycles. The predicted octanol–water partition coefficient (Wildman–Crippen LogP) is 3.14. The third kappa shape index (κ3) is 7.82. The molecule has 2 aromatic carbocycles. The summed E-state index contributed by atoms with van der Waals surface area (Å²) in [6, 6.07) is 17.7. The van der Waals surface area contributed by atoms with Crippen LogP contribution in [0.3, 0.4) is 0 Å². The molecule has 2 aromatic rings. The maximum absolute atomic E-state index is 12.9. The van der Waals surface area contributed by atoms with Crippen molar-refractivity contribution < 1.29 is 9.53 Å². The molecule has 1 amide bonds. The fraction of sp³-hybridized carbons (Fsp3) is 0.480. The van der Waals surface area contributed by atoms with Gasteiger partial charge in [0.25, 0.3) is 0 Å². The van der Waals surface area contributed by atoms with Crippen LogP contribution in [0.5, 0.6) is 0 Å². The van der Waals surface area contributed by atoms with E-state index >= 15 is 0 Å². The molecular weight excluding hydrogens is 495 g/mol. The van der Waals surface area contributed by atoms with E-state index in [1.807, 2.05) is 47.4 Å². The summed E-state index contributed by atoms with van der Waals surface area (Å²) >= 11 is 5.95. The Morgan fingerprint density at radius 3 is 2.38 bits per heavy atom. The summed E-state index contributed by atoms with van der Waals surface area (Å²) in [5, 5.41) is 4.16. The van der Waals surface area contributed by atoms with Gasteiger partial charge < -0.3 is 20.7 Å². The molecule has 6 nitrogen and oxygen atoms in total. The summed E-state index contributed by atoms with van der Waals surface area (Å²) in [7, 11) is 0. The number of piperazine rings is 1. The number of carbonyl (C=O) groups excluding carboxylic acids is 1.